The molecule has 2 heterocycles. The fraction of sp³-hybridized carbons (Fsp3) is 0.353. The number of carbonyl (C=O) groups excluding carboxylic acids is 2. The zero-order chi connectivity index (χ0) is 17.3. The Balaban J connectivity index is 2.21. The van der Waals surface area contributed by atoms with Crippen LogP contribution in [0.4, 0.5) is 0 Å². The van der Waals surface area contributed by atoms with Crippen LogP contribution >= 0.6 is 0 Å². The third-order valence-corrected chi connectivity index (χ3v) is 4.06. The van der Waals surface area contributed by atoms with Crippen LogP contribution in [0.1, 0.15) is 39.9 Å². The van der Waals surface area contributed by atoms with E-state index in [-0.39, 0.29) is 11.6 Å². The zero-order valence-corrected chi connectivity index (χ0v) is 13.9. The van der Waals surface area contributed by atoms with Gasteiger partial charge >= 0.3 is 5.97 Å². The van der Waals surface area contributed by atoms with Crippen molar-refractivity contribution in [2.45, 2.75) is 19.9 Å². The summed E-state index contributed by atoms with van der Waals surface area (Å²) in [5.41, 5.74) is 2.08. The summed E-state index contributed by atoms with van der Waals surface area (Å²) in [6.07, 6.45) is 2.36. The van der Waals surface area contributed by atoms with Gasteiger partial charge in [0, 0.05) is 6.54 Å². The summed E-state index contributed by atoms with van der Waals surface area (Å²) in [7, 11) is 2.88. The van der Waals surface area contributed by atoms with Gasteiger partial charge in [-0.2, -0.15) is 0 Å². The smallest absolute Gasteiger partial charge is 0.358 e. The summed E-state index contributed by atoms with van der Waals surface area (Å²) in [6.45, 7) is 2.89. The molecule has 0 atom stereocenters. The molecule has 1 aromatic carbocycles. The van der Waals surface area contributed by atoms with E-state index < -0.39 is 5.97 Å². The van der Waals surface area contributed by atoms with E-state index in [0.29, 0.717) is 35.8 Å². The zero-order valence-electron chi connectivity index (χ0n) is 13.9. The first kappa shape index (κ1) is 16.0. The molecule has 0 saturated heterocycles. The average molecular weight is 329 g/mol. The van der Waals surface area contributed by atoms with Crippen LogP contribution in [0.3, 0.4) is 0 Å². The van der Waals surface area contributed by atoms with Gasteiger partial charge in [0.25, 0.3) is 5.91 Å². The predicted molar refractivity (Wildman–Crippen MR) is 86.5 cm³/mol. The van der Waals surface area contributed by atoms with E-state index in [1.165, 1.54) is 7.11 Å². The van der Waals surface area contributed by atoms with E-state index in [1.54, 1.807) is 41.1 Å². The average Bonchev–Trinajstić information content (AvgIpc) is 2.98. The number of fused-ring (bicyclic) bond motifs is 3. The van der Waals surface area contributed by atoms with Crippen molar-refractivity contribution in [2.75, 3.05) is 20.8 Å². The number of amides is 1. The van der Waals surface area contributed by atoms with Gasteiger partial charge in [0.15, 0.2) is 5.69 Å². The molecule has 1 aromatic heterocycles. The van der Waals surface area contributed by atoms with Gasteiger partial charge in [0.1, 0.15) is 12.1 Å². The summed E-state index contributed by atoms with van der Waals surface area (Å²) in [4.78, 5) is 30.8. The van der Waals surface area contributed by atoms with Gasteiger partial charge in [-0.25, -0.2) is 9.78 Å². The largest absolute Gasteiger partial charge is 0.497 e. The van der Waals surface area contributed by atoms with Gasteiger partial charge < -0.3 is 14.4 Å². The molecule has 24 heavy (non-hydrogen) atoms. The number of aromatic nitrogens is 2. The standard InChI is InChI=1S/C17H19N3O4/c1-4-7-19-9-14-15(17(22)24-3)18-10-20(14)13-6-5-11(23-2)8-12(13)16(19)21/h5-6,8,10H,4,7,9H2,1-3H3. The number of benzene rings is 1. The minimum Gasteiger partial charge on any atom is -0.497 e. The Bertz CT molecular complexity index is 797. The second kappa shape index (κ2) is 6.35. The number of esters is 1. The fourth-order valence-electron chi connectivity index (χ4n) is 2.90. The van der Waals surface area contributed by atoms with Crippen molar-refractivity contribution in [2.24, 2.45) is 0 Å². The molecule has 7 nitrogen and oxygen atoms in total. The first-order valence-electron chi connectivity index (χ1n) is 7.72. The van der Waals surface area contributed by atoms with E-state index in [2.05, 4.69) is 4.98 Å². The normalized spacial score (nSPS) is 13.1. The maximum atomic E-state index is 12.9. The van der Waals surface area contributed by atoms with Crippen LogP contribution in [0.5, 0.6) is 5.75 Å². The summed E-state index contributed by atoms with van der Waals surface area (Å²) in [5, 5.41) is 0. The minimum absolute atomic E-state index is 0.0923. The highest BCUT2D eigenvalue weighted by Gasteiger charge is 2.30. The molecular formula is C17H19N3O4. The molecule has 0 radical (unpaired) electrons. The van der Waals surface area contributed by atoms with E-state index >= 15 is 0 Å². The Morgan fingerprint density at radius 3 is 2.79 bits per heavy atom. The Hall–Kier alpha value is -2.83. The third-order valence-electron chi connectivity index (χ3n) is 4.06. The third kappa shape index (κ3) is 2.51. The number of hydrogen-bond donors (Lipinski definition) is 0. The van der Waals surface area contributed by atoms with Crippen LogP contribution in [-0.2, 0) is 11.3 Å². The molecular weight excluding hydrogens is 310 g/mol. The summed E-state index contributed by atoms with van der Waals surface area (Å²) in [6, 6.07) is 5.30. The summed E-state index contributed by atoms with van der Waals surface area (Å²) in [5.74, 6) is 0.00480. The van der Waals surface area contributed by atoms with E-state index in [9.17, 15) is 9.59 Å². The first-order valence-corrected chi connectivity index (χ1v) is 7.72. The highest BCUT2D eigenvalue weighted by Crippen LogP contribution is 2.29. The molecule has 0 saturated carbocycles. The van der Waals surface area contributed by atoms with Gasteiger partial charge in [-0.1, -0.05) is 6.92 Å². The van der Waals surface area contributed by atoms with E-state index in [1.807, 2.05) is 6.92 Å². The maximum Gasteiger partial charge on any atom is 0.358 e. The SMILES string of the molecule is CCCN1Cc2c(C(=O)OC)ncn2-c2ccc(OC)cc2C1=O. The lowest BCUT2D eigenvalue weighted by Gasteiger charge is -2.20. The monoisotopic (exact) mass is 329 g/mol. The van der Waals surface area contributed by atoms with Crippen LogP contribution in [0.25, 0.3) is 5.69 Å². The molecule has 1 aliphatic rings. The van der Waals surface area contributed by atoms with Crippen LogP contribution in [0, 0.1) is 0 Å². The van der Waals surface area contributed by atoms with Crippen LogP contribution in [-0.4, -0.2) is 47.1 Å². The van der Waals surface area contributed by atoms with Crippen molar-refractivity contribution < 1.29 is 19.1 Å². The summed E-state index contributed by atoms with van der Waals surface area (Å²) < 4.78 is 11.8. The van der Waals surface area contributed by atoms with Gasteiger partial charge in [-0.3, -0.25) is 9.36 Å². The molecule has 3 rings (SSSR count). The molecule has 0 aliphatic carbocycles. The second-order valence-corrected chi connectivity index (χ2v) is 5.51. The molecule has 7 heteroatoms. The number of rotatable bonds is 4. The number of ether oxygens (including phenoxy) is 2. The molecule has 2 aromatic rings. The van der Waals surface area contributed by atoms with Crippen LogP contribution in [0.2, 0.25) is 0 Å². The van der Waals surface area contributed by atoms with Gasteiger partial charge in [0.2, 0.25) is 0 Å². The Labute approximate surface area is 139 Å². The minimum atomic E-state index is -0.510. The predicted octanol–water partition coefficient (Wildman–Crippen LogP) is 2.03. The number of hydrogen-bond acceptors (Lipinski definition) is 5. The summed E-state index contributed by atoms with van der Waals surface area (Å²) >= 11 is 0. The maximum absolute atomic E-state index is 12.9. The lowest BCUT2D eigenvalue weighted by Crippen LogP contribution is -2.31. The van der Waals surface area contributed by atoms with Crippen LogP contribution in [0.15, 0.2) is 24.5 Å². The first-order chi connectivity index (χ1) is 11.6. The van der Waals surface area contributed by atoms with Crippen LogP contribution < -0.4 is 4.74 Å². The molecule has 0 bridgehead atoms. The number of methoxy groups -OCH3 is 2. The molecule has 0 spiro atoms. The van der Waals surface area contributed by atoms with E-state index in [0.717, 1.165) is 6.42 Å². The highest BCUT2D eigenvalue weighted by atomic mass is 16.5. The topological polar surface area (TPSA) is 73.7 Å². The van der Waals surface area contributed by atoms with Crippen molar-refractivity contribution in [3.8, 4) is 11.4 Å². The van der Waals surface area contributed by atoms with Gasteiger partial charge in [0.05, 0.1) is 37.7 Å². The molecule has 1 aliphatic heterocycles. The van der Waals surface area contributed by atoms with Crippen molar-refractivity contribution >= 4 is 11.9 Å². The van der Waals surface area contributed by atoms with Gasteiger partial charge in [-0.05, 0) is 24.6 Å². The van der Waals surface area contributed by atoms with E-state index in [4.69, 9.17) is 9.47 Å². The Kier molecular flexibility index (Phi) is 4.24. The number of imidazole rings is 1. The van der Waals surface area contributed by atoms with Crippen molar-refractivity contribution in [3.63, 3.8) is 0 Å². The van der Waals surface area contributed by atoms with Crippen molar-refractivity contribution in [1.82, 2.24) is 14.5 Å². The fourth-order valence-corrected chi connectivity index (χ4v) is 2.90. The molecule has 0 N–H and O–H groups in total. The van der Waals surface area contributed by atoms with Gasteiger partial charge in [-0.15, -0.1) is 0 Å². The Morgan fingerprint density at radius 2 is 2.12 bits per heavy atom. The molecule has 0 unspecified atom stereocenters. The lowest BCUT2D eigenvalue weighted by atomic mass is 10.1. The second-order valence-electron chi connectivity index (χ2n) is 5.51. The molecule has 126 valence electrons. The quantitative estimate of drug-likeness (QED) is 0.803. The molecule has 1 amide bonds. The molecule has 0 fully saturated rings. The highest BCUT2D eigenvalue weighted by molar-refractivity contribution is 5.99. The number of carbonyl (C=O) groups is 2. The number of nitrogens with zero attached hydrogens (tertiary/aromatic N) is 3. The van der Waals surface area contributed by atoms with Crippen molar-refractivity contribution in [1.29, 1.82) is 0 Å². The Morgan fingerprint density at radius 1 is 1.33 bits per heavy atom. The lowest BCUT2D eigenvalue weighted by molar-refractivity contribution is 0.0588. The van der Waals surface area contributed by atoms with Crippen molar-refractivity contribution in [3.05, 3.63) is 41.5 Å².